The van der Waals surface area contributed by atoms with Crippen LogP contribution in [-0.4, -0.2) is 70.8 Å². The normalized spacial score (nSPS) is 10.3. The molecule has 0 heterocycles. The van der Waals surface area contributed by atoms with Gasteiger partial charge in [-0.3, -0.25) is 0 Å². The average Bonchev–Trinajstić information content (AvgIpc) is 2.84. The minimum Gasteiger partial charge on any atom is -0.493 e. The second-order valence-electron chi connectivity index (χ2n) is 10.1. The summed E-state index contributed by atoms with van der Waals surface area (Å²) in [6.07, 6.45) is 8.34. The van der Waals surface area contributed by atoms with Gasteiger partial charge in [0.15, 0.2) is 0 Å². The summed E-state index contributed by atoms with van der Waals surface area (Å²) >= 11 is 0. The lowest BCUT2D eigenvalue weighted by molar-refractivity contribution is 0.300. The molecule has 0 saturated carbocycles. The topological polar surface area (TPSA) is 39.8 Å². The molecule has 0 saturated heterocycles. The zero-order chi connectivity index (χ0) is 25.1. The minimum absolute atomic E-state index is 0. The summed E-state index contributed by atoms with van der Waals surface area (Å²) in [4.78, 5) is 4.47. The lowest BCUT2D eigenvalue weighted by atomic mass is 10.1. The molecule has 0 fully saturated rings. The van der Waals surface area contributed by atoms with Crippen molar-refractivity contribution >= 4 is 49.6 Å². The van der Waals surface area contributed by atoms with E-state index in [2.05, 4.69) is 97.2 Å². The summed E-state index contributed by atoms with van der Waals surface area (Å²) in [5, 5.41) is 7.20. The highest BCUT2D eigenvalue weighted by Crippen LogP contribution is 2.21. The Morgan fingerprint density at radius 3 is 1.82 bits per heavy atom. The molecular formula is C30H54Cl4N4O. The molecule has 0 aromatic heterocycles. The van der Waals surface area contributed by atoms with Crippen molar-refractivity contribution in [1.82, 2.24) is 20.4 Å². The Balaban J connectivity index is -0.00000324. The summed E-state index contributed by atoms with van der Waals surface area (Å²) < 4.78 is 6.25. The number of halogens is 4. The Morgan fingerprint density at radius 1 is 0.615 bits per heavy atom. The Bertz CT molecular complexity index is 798. The van der Waals surface area contributed by atoms with Gasteiger partial charge < -0.3 is 25.2 Å². The van der Waals surface area contributed by atoms with Crippen molar-refractivity contribution in [2.75, 3.05) is 61.0 Å². The van der Waals surface area contributed by atoms with Crippen molar-refractivity contribution in [2.45, 2.75) is 58.0 Å². The third-order valence-electron chi connectivity index (χ3n) is 6.15. The summed E-state index contributed by atoms with van der Waals surface area (Å²) in [5.74, 6) is 1.03. The van der Waals surface area contributed by atoms with Gasteiger partial charge in [-0.1, -0.05) is 49.2 Å². The van der Waals surface area contributed by atoms with E-state index in [1.807, 2.05) is 0 Å². The fourth-order valence-corrected chi connectivity index (χ4v) is 4.13. The third-order valence-corrected chi connectivity index (χ3v) is 6.15. The van der Waals surface area contributed by atoms with Gasteiger partial charge in [0.1, 0.15) is 5.75 Å². The van der Waals surface area contributed by atoms with E-state index in [0.717, 1.165) is 64.5 Å². The van der Waals surface area contributed by atoms with Gasteiger partial charge in [0.2, 0.25) is 0 Å². The summed E-state index contributed by atoms with van der Waals surface area (Å²) in [6.45, 7) is 6.84. The maximum atomic E-state index is 6.25. The van der Waals surface area contributed by atoms with E-state index in [9.17, 15) is 0 Å². The summed E-state index contributed by atoms with van der Waals surface area (Å²) in [5.41, 5.74) is 4.04. The minimum atomic E-state index is 0. The molecular weight excluding hydrogens is 574 g/mol. The van der Waals surface area contributed by atoms with Gasteiger partial charge in [-0.2, -0.15) is 0 Å². The molecule has 0 amide bonds. The highest BCUT2D eigenvalue weighted by molar-refractivity contribution is 5.86. The fourth-order valence-electron chi connectivity index (χ4n) is 4.13. The Kier molecular flexibility index (Phi) is 30.0. The number of benzene rings is 2. The Hall–Kier alpha value is -0.760. The first-order valence-electron chi connectivity index (χ1n) is 13.5. The number of nitrogens with one attached hydrogen (secondary N) is 2. The molecule has 2 rings (SSSR count). The summed E-state index contributed by atoms with van der Waals surface area (Å²) in [6, 6.07) is 17.5. The van der Waals surface area contributed by atoms with E-state index in [1.165, 1.54) is 48.8 Å². The molecule has 0 bridgehead atoms. The molecule has 9 heteroatoms. The number of ether oxygens (including phenoxy) is 1. The number of nitrogens with zero attached hydrogens (tertiary/aromatic N) is 2. The van der Waals surface area contributed by atoms with Crippen molar-refractivity contribution in [3.63, 3.8) is 0 Å². The van der Waals surface area contributed by atoms with Crippen molar-refractivity contribution in [2.24, 2.45) is 0 Å². The van der Waals surface area contributed by atoms with Gasteiger partial charge >= 0.3 is 0 Å². The van der Waals surface area contributed by atoms with E-state index in [4.69, 9.17) is 4.74 Å². The van der Waals surface area contributed by atoms with E-state index < -0.39 is 0 Å². The predicted molar refractivity (Wildman–Crippen MR) is 179 cm³/mol. The van der Waals surface area contributed by atoms with Gasteiger partial charge in [0.05, 0.1) is 6.61 Å². The van der Waals surface area contributed by atoms with Crippen molar-refractivity contribution in [3.05, 3.63) is 65.2 Å². The number of hydrogen-bond acceptors (Lipinski definition) is 5. The highest BCUT2D eigenvalue weighted by atomic mass is 35.5. The van der Waals surface area contributed by atoms with E-state index in [-0.39, 0.29) is 49.6 Å². The highest BCUT2D eigenvalue weighted by Gasteiger charge is 2.06. The van der Waals surface area contributed by atoms with Crippen LogP contribution in [0.1, 0.15) is 55.2 Å². The van der Waals surface area contributed by atoms with Crippen LogP contribution in [-0.2, 0) is 19.5 Å². The van der Waals surface area contributed by atoms with Crippen LogP contribution in [0, 0.1) is 0 Å². The maximum Gasteiger partial charge on any atom is 0.123 e. The second-order valence-corrected chi connectivity index (χ2v) is 10.1. The number of unbranched alkanes of at least 4 members (excludes halogenated alkanes) is 3. The number of aryl methyl sites for hydroxylation is 1. The standard InChI is InChI=1S/C30H50N4O.4ClH/c1-33(2)21-12-19-31-25-28-17-18-30(29(24-28)26-32-20-13-22-34(3)4)35-23-11-6-5-8-14-27-15-9-7-10-16-27;;;;/h7,9-10,15-18,24,31-32H,5-6,8,11-14,19-23,25-26H2,1-4H3;4*1H. The molecule has 2 N–H and O–H groups in total. The second kappa shape index (κ2) is 27.4. The molecule has 0 atom stereocenters. The molecule has 0 aliphatic rings. The van der Waals surface area contributed by atoms with Crippen molar-refractivity contribution < 1.29 is 4.74 Å². The predicted octanol–water partition coefficient (Wildman–Crippen LogP) is 6.64. The molecule has 228 valence electrons. The molecule has 0 aliphatic heterocycles. The smallest absolute Gasteiger partial charge is 0.123 e. The monoisotopic (exact) mass is 626 g/mol. The van der Waals surface area contributed by atoms with Crippen LogP contribution in [0.4, 0.5) is 0 Å². The fraction of sp³-hybridized carbons (Fsp3) is 0.600. The van der Waals surface area contributed by atoms with Gasteiger partial charge in [-0.25, -0.2) is 0 Å². The van der Waals surface area contributed by atoms with Crippen LogP contribution in [0.2, 0.25) is 0 Å². The zero-order valence-electron chi connectivity index (χ0n) is 24.5. The Morgan fingerprint density at radius 2 is 1.21 bits per heavy atom. The Labute approximate surface area is 263 Å². The molecule has 2 aromatic rings. The van der Waals surface area contributed by atoms with Gasteiger partial charge in [0.25, 0.3) is 0 Å². The molecule has 0 radical (unpaired) electrons. The van der Waals surface area contributed by atoms with Crippen LogP contribution in [0.5, 0.6) is 5.75 Å². The molecule has 0 unspecified atom stereocenters. The summed E-state index contributed by atoms with van der Waals surface area (Å²) in [7, 11) is 8.51. The molecule has 0 spiro atoms. The third kappa shape index (κ3) is 21.6. The van der Waals surface area contributed by atoms with Crippen LogP contribution in [0.3, 0.4) is 0 Å². The van der Waals surface area contributed by atoms with Crippen molar-refractivity contribution in [3.8, 4) is 5.75 Å². The van der Waals surface area contributed by atoms with Gasteiger partial charge in [-0.15, -0.1) is 49.6 Å². The lowest BCUT2D eigenvalue weighted by Gasteiger charge is -2.15. The maximum absolute atomic E-state index is 6.25. The van der Waals surface area contributed by atoms with E-state index in [0.29, 0.717) is 0 Å². The largest absolute Gasteiger partial charge is 0.493 e. The first kappa shape index (κ1) is 42.7. The number of hydrogen-bond donors (Lipinski definition) is 2. The zero-order valence-corrected chi connectivity index (χ0v) is 27.7. The van der Waals surface area contributed by atoms with Crippen molar-refractivity contribution in [1.29, 1.82) is 0 Å². The molecule has 2 aromatic carbocycles. The number of rotatable bonds is 20. The quantitative estimate of drug-likeness (QED) is 0.161. The van der Waals surface area contributed by atoms with Crippen LogP contribution >= 0.6 is 49.6 Å². The van der Waals surface area contributed by atoms with Gasteiger partial charge in [0, 0.05) is 18.7 Å². The van der Waals surface area contributed by atoms with Crippen LogP contribution in [0.25, 0.3) is 0 Å². The molecule has 0 aliphatic carbocycles. The average molecular weight is 629 g/mol. The molecule has 5 nitrogen and oxygen atoms in total. The first-order chi connectivity index (χ1) is 17.0. The first-order valence-corrected chi connectivity index (χ1v) is 13.5. The van der Waals surface area contributed by atoms with E-state index >= 15 is 0 Å². The van der Waals surface area contributed by atoms with Crippen LogP contribution in [0.15, 0.2) is 48.5 Å². The van der Waals surface area contributed by atoms with E-state index in [1.54, 1.807) is 0 Å². The molecule has 39 heavy (non-hydrogen) atoms. The lowest BCUT2D eigenvalue weighted by Crippen LogP contribution is -2.22. The SMILES string of the molecule is CN(C)CCCNCc1ccc(OCCCCCCc2ccccc2)c(CNCCCN(C)C)c1.Cl.Cl.Cl.Cl. The van der Waals surface area contributed by atoms with Crippen LogP contribution < -0.4 is 15.4 Å². The van der Waals surface area contributed by atoms with Gasteiger partial charge in [-0.05, 0) is 110 Å².